The molecule has 1 aliphatic rings. The first-order chi connectivity index (χ1) is 13.4. The number of rotatable bonds is 4. The number of benzene rings is 2. The van der Waals surface area contributed by atoms with Gasteiger partial charge in [0.25, 0.3) is 0 Å². The summed E-state index contributed by atoms with van der Waals surface area (Å²) in [4.78, 5) is 19.4. The van der Waals surface area contributed by atoms with Crippen molar-refractivity contribution >= 4 is 57.4 Å². The maximum absolute atomic E-state index is 12.1. The zero-order valence-electron chi connectivity index (χ0n) is 14.8. The topological polar surface area (TPSA) is 59.6 Å². The van der Waals surface area contributed by atoms with E-state index in [2.05, 4.69) is 9.88 Å². The number of carboxylic acid groups (broad SMARTS) is 1. The second-order valence-corrected chi connectivity index (χ2v) is 8.05. The molecule has 146 valence electrons. The average molecular weight is 439 g/mol. The van der Waals surface area contributed by atoms with Crippen molar-refractivity contribution in [2.75, 3.05) is 31.1 Å². The summed E-state index contributed by atoms with van der Waals surface area (Å²) in [7, 11) is 0. The molecule has 0 radical (unpaired) electrons. The van der Waals surface area contributed by atoms with E-state index in [4.69, 9.17) is 34.8 Å². The molecule has 0 unspecified atom stereocenters. The van der Waals surface area contributed by atoms with Crippen molar-refractivity contribution in [3.05, 3.63) is 63.2 Å². The monoisotopic (exact) mass is 437 g/mol. The van der Waals surface area contributed by atoms with Gasteiger partial charge in [-0.15, -0.1) is 0 Å². The van der Waals surface area contributed by atoms with Crippen LogP contribution in [0.4, 0.5) is 5.69 Å². The van der Waals surface area contributed by atoms with Crippen molar-refractivity contribution < 1.29 is 9.90 Å². The van der Waals surface area contributed by atoms with Crippen molar-refractivity contribution in [3.63, 3.8) is 0 Å². The zero-order chi connectivity index (χ0) is 19.8. The van der Waals surface area contributed by atoms with Gasteiger partial charge < -0.3 is 15.0 Å². The second kappa shape index (κ2) is 7.84. The van der Waals surface area contributed by atoms with Crippen molar-refractivity contribution in [3.8, 4) is 0 Å². The van der Waals surface area contributed by atoms with Crippen molar-refractivity contribution in [2.45, 2.75) is 6.04 Å². The molecular formula is C20H18Cl3N3O2. The minimum absolute atomic E-state index is 0.515. The lowest BCUT2D eigenvalue weighted by Crippen LogP contribution is -2.49. The molecule has 2 aromatic carbocycles. The van der Waals surface area contributed by atoms with Crippen LogP contribution in [0.25, 0.3) is 10.9 Å². The molecule has 5 nitrogen and oxygen atoms in total. The summed E-state index contributed by atoms with van der Waals surface area (Å²) in [6, 6.07) is 10.3. The lowest BCUT2D eigenvalue weighted by atomic mass is 10.0. The quantitative estimate of drug-likeness (QED) is 0.596. The summed E-state index contributed by atoms with van der Waals surface area (Å²) >= 11 is 18.3. The Morgan fingerprint density at radius 3 is 2.43 bits per heavy atom. The lowest BCUT2D eigenvalue weighted by molar-refractivity contribution is -0.143. The molecule has 1 aromatic heterocycles. The van der Waals surface area contributed by atoms with Gasteiger partial charge in [0.05, 0.1) is 10.0 Å². The first kappa shape index (κ1) is 19.4. The van der Waals surface area contributed by atoms with Gasteiger partial charge >= 0.3 is 5.97 Å². The normalized spacial score (nSPS) is 16.5. The number of halogens is 3. The summed E-state index contributed by atoms with van der Waals surface area (Å²) in [5.74, 6) is -0.871. The molecule has 0 bridgehead atoms. The van der Waals surface area contributed by atoms with Gasteiger partial charge in [0.15, 0.2) is 0 Å². The number of hydrogen-bond acceptors (Lipinski definition) is 3. The van der Waals surface area contributed by atoms with Gasteiger partial charge in [0.2, 0.25) is 0 Å². The first-order valence-corrected chi connectivity index (χ1v) is 10.0. The van der Waals surface area contributed by atoms with Crippen LogP contribution in [0, 0.1) is 0 Å². The molecule has 0 aliphatic carbocycles. The summed E-state index contributed by atoms with van der Waals surface area (Å²) in [6.45, 7) is 2.63. The zero-order valence-corrected chi connectivity index (χ0v) is 17.1. The van der Waals surface area contributed by atoms with Crippen LogP contribution in [0.15, 0.2) is 42.6 Å². The molecule has 3 aromatic rings. The van der Waals surface area contributed by atoms with E-state index in [-0.39, 0.29) is 0 Å². The second-order valence-electron chi connectivity index (χ2n) is 6.80. The number of aromatic nitrogens is 1. The highest BCUT2D eigenvalue weighted by atomic mass is 35.5. The third kappa shape index (κ3) is 3.67. The van der Waals surface area contributed by atoms with Crippen LogP contribution in [0.5, 0.6) is 0 Å². The van der Waals surface area contributed by atoms with Gasteiger partial charge in [-0.25, -0.2) is 0 Å². The Balaban J connectivity index is 1.56. The van der Waals surface area contributed by atoms with Gasteiger partial charge in [-0.2, -0.15) is 0 Å². The predicted molar refractivity (Wildman–Crippen MR) is 114 cm³/mol. The Morgan fingerprint density at radius 2 is 1.75 bits per heavy atom. The van der Waals surface area contributed by atoms with Crippen molar-refractivity contribution in [2.24, 2.45) is 0 Å². The molecule has 0 spiro atoms. The minimum atomic E-state index is -0.871. The van der Waals surface area contributed by atoms with E-state index in [0.717, 1.165) is 22.2 Å². The average Bonchev–Trinajstić information content (AvgIpc) is 3.07. The molecule has 1 aliphatic heterocycles. The number of hydrogen-bond donors (Lipinski definition) is 2. The first-order valence-electron chi connectivity index (χ1n) is 8.87. The number of piperazine rings is 1. The van der Waals surface area contributed by atoms with E-state index in [1.165, 1.54) is 0 Å². The number of anilines is 1. The number of H-pyrrole nitrogens is 1. The summed E-state index contributed by atoms with van der Waals surface area (Å²) in [5.41, 5.74) is 2.59. The smallest absolute Gasteiger partial charge is 0.325 e. The number of carbonyl (C=O) groups is 1. The highest BCUT2D eigenvalue weighted by Crippen LogP contribution is 2.32. The molecule has 8 heteroatoms. The Bertz CT molecular complexity index is 1030. The fourth-order valence-corrected chi connectivity index (χ4v) is 4.21. The molecule has 2 N–H and O–H groups in total. The number of fused-ring (bicyclic) bond motifs is 1. The predicted octanol–water partition coefficient (Wildman–Crippen LogP) is 5.08. The third-order valence-corrected chi connectivity index (χ3v) is 6.13. The van der Waals surface area contributed by atoms with Gasteiger partial charge in [-0.05, 0) is 36.4 Å². The summed E-state index contributed by atoms with van der Waals surface area (Å²) in [6.07, 6.45) is 1.77. The van der Waals surface area contributed by atoms with Gasteiger partial charge in [-0.1, -0.05) is 34.8 Å². The molecule has 0 saturated carbocycles. The highest BCUT2D eigenvalue weighted by Gasteiger charge is 2.32. The molecule has 0 amide bonds. The fourth-order valence-electron chi connectivity index (χ4n) is 3.75. The number of nitrogens with zero attached hydrogens (tertiary/aromatic N) is 2. The Labute approximate surface area is 177 Å². The molecule has 28 heavy (non-hydrogen) atoms. The molecular weight excluding hydrogens is 421 g/mol. The minimum Gasteiger partial charge on any atom is -0.480 e. The number of aromatic amines is 1. The van der Waals surface area contributed by atoms with E-state index < -0.39 is 12.0 Å². The number of nitrogens with one attached hydrogen (secondary N) is 1. The van der Waals surface area contributed by atoms with Gasteiger partial charge in [-0.3, -0.25) is 9.69 Å². The van der Waals surface area contributed by atoms with Crippen molar-refractivity contribution in [1.82, 2.24) is 9.88 Å². The van der Waals surface area contributed by atoms with Crippen LogP contribution in [0.3, 0.4) is 0 Å². The molecule has 1 atom stereocenters. The van der Waals surface area contributed by atoms with E-state index in [1.54, 1.807) is 18.3 Å². The molecule has 1 saturated heterocycles. The Morgan fingerprint density at radius 1 is 1.00 bits per heavy atom. The van der Waals surface area contributed by atoms with E-state index in [9.17, 15) is 9.90 Å². The number of carboxylic acids is 1. The maximum atomic E-state index is 12.1. The SMILES string of the molecule is O=C(O)[C@@H](c1c[nH]c2ccc(Cl)cc12)N1CCN(c2ccc(Cl)c(Cl)c2)CC1. The fraction of sp³-hybridized carbons (Fsp3) is 0.250. The van der Waals surface area contributed by atoms with Crippen LogP contribution in [0.2, 0.25) is 15.1 Å². The maximum Gasteiger partial charge on any atom is 0.325 e. The Kier molecular flexibility index (Phi) is 5.43. The largest absolute Gasteiger partial charge is 0.480 e. The summed E-state index contributed by atoms with van der Waals surface area (Å²) in [5, 5.41) is 12.4. The standard InChI is InChI=1S/C20H18Cl3N3O2/c21-12-1-4-18-14(9-12)15(11-24-18)19(20(27)28)26-7-5-25(6-8-26)13-2-3-16(22)17(23)10-13/h1-4,9-11,19,24H,5-8H2,(H,27,28)/t19-/m1/s1. The highest BCUT2D eigenvalue weighted by molar-refractivity contribution is 6.42. The van der Waals surface area contributed by atoms with Crippen LogP contribution in [0.1, 0.15) is 11.6 Å². The van der Waals surface area contributed by atoms with Crippen molar-refractivity contribution in [1.29, 1.82) is 0 Å². The van der Waals surface area contributed by atoms with Crippen LogP contribution in [-0.2, 0) is 4.79 Å². The van der Waals surface area contributed by atoms with Crippen LogP contribution in [-0.4, -0.2) is 47.1 Å². The molecule has 2 heterocycles. The molecule has 4 rings (SSSR count). The van der Waals surface area contributed by atoms with Gasteiger partial charge in [0.1, 0.15) is 6.04 Å². The van der Waals surface area contributed by atoms with E-state index in [0.29, 0.717) is 41.2 Å². The Hall–Kier alpha value is -1.92. The van der Waals surface area contributed by atoms with Gasteiger partial charge in [0, 0.05) is 59.6 Å². The third-order valence-electron chi connectivity index (χ3n) is 5.15. The van der Waals surface area contributed by atoms with E-state index >= 15 is 0 Å². The van der Waals surface area contributed by atoms with E-state index in [1.807, 2.05) is 29.2 Å². The number of aliphatic carboxylic acids is 1. The van der Waals surface area contributed by atoms with Crippen LogP contribution >= 0.6 is 34.8 Å². The summed E-state index contributed by atoms with van der Waals surface area (Å²) < 4.78 is 0. The van der Waals surface area contributed by atoms with Crippen LogP contribution < -0.4 is 4.90 Å². The lowest BCUT2D eigenvalue weighted by Gasteiger charge is -2.38. The molecule has 1 fully saturated rings.